The molecule has 1 fully saturated rings. The summed E-state index contributed by atoms with van der Waals surface area (Å²) in [6.45, 7) is 13.0. The zero-order chi connectivity index (χ0) is 10.1. The Morgan fingerprint density at radius 1 is 1.38 bits per heavy atom. The van der Waals surface area contributed by atoms with E-state index in [4.69, 9.17) is 0 Å². The lowest BCUT2D eigenvalue weighted by atomic mass is 9.92. The highest BCUT2D eigenvalue weighted by Gasteiger charge is 2.31. The summed E-state index contributed by atoms with van der Waals surface area (Å²) in [5.74, 6) is 0.976. The van der Waals surface area contributed by atoms with Crippen LogP contribution in [0.4, 0.5) is 0 Å². The molecule has 2 heteroatoms. The maximum absolute atomic E-state index is 4.39. The molecule has 0 atom stereocenters. The van der Waals surface area contributed by atoms with Crippen LogP contribution in [0.15, 0.2) is 0 Å². The summed E-state index contributed by atoms with van der Waals surface area (Å²) in [6, 6.07) is 0. The van der Waals surface area contributed by atoms with Crippen molar-refractivity contribution in [2.24, 2.45) is 10.8 Å². The van der Waals surface area contributed by atoms with Gasteiger partial charge in [-0.25, -0.2) is 0 Å². The highest BCUT2D eigenvalue weighted by Crippen LogP contribution is 2.31. The van der Waals surface area contributed by atoms with Crippen LogP contribution in [0.1, 0.15) is 34.1 Å². The van der Waals surface area contributed by atoms with Crippen LogP contribution in [0.2, 0.25) is 0 Å². The van der Waals surface area contributed by atoms with Gasteiger partial charge in [0.15, 0.2) is 0 Å². The van der Waals surface area contributed by atoms with E-state index in [2.05, 4.69) is 45.2 Å². The van der Waals surface area contributed by atoms with E-state index in [0.29, 0.717) is 10.8 Å². The molecule has 0 saturated carbocycles. The van der Waals surface area contributed by atoms with Gasteiger partial charge in [0, 0.05) is 13.1 Å². The van der Waals surface area contributed by atoms with Crippen molar-refractivity contribution in [3.8, 4) is 0 Å². The average molecular weight is 201 g/mol. The molecular weight excluding hydrogens is 178 g/mol. The Labute approximate surface area is 88.3 Å². The third-order valence-corrected chi connectivity index (χ3v) is 3.69. The molecule has 1 heterocycles. The van der Waals surface area contributed by atoms with E-state index in [1.165, 1.54) is 26.1 Å². The first-order chi connectivity index (χ1) is 5.85. The molecule has 0 bridgehead atoms. The number of rotatable bonds is 3. The molecule has 13 heavy (non-hydrogen) atoms. The highest BCUT2D eigenvalue weighted by molar-refractivity contribution is 7.80. The minimum Gasteiger partial charge on any atom is -0.302 e. The van der Waals surface area contributed by atoms with Gasteiger partial charge in [0.05, 0.1) is 0 Å². The summed E-state index contributed by atoms with van der Waals surface area (Å²) < 4.78 is 0. The van der Waals surface area contributed by atoms with Gasteiger partial charge in [-0.05, 0) is 29.5 Å². The molecule has 0 spiro atoms. The SMILES string of the molecule is CC(C)(CS)CN1CCC(C)(C)C1. The van der Waals surface area contributed by atoms with Crippen molar-refractivity contribution >= 4 is 12.6 Å². The quantitative estimate of drug-likeness (QED) is 0.687. The number of hydrogen-bond donors (Lipinski definition) is 1. The second-order valence-electron chi connectivity index (χ2n) is 5.95. The van der Waals surface area contributed by atoms with Gasteiger partial charge in [-0.3, -0.25) is 0 Å². The van der Waals surface area contributed by atoms with Gasteiger partial charge in [0.1, 0.15) is 0 Å². The fourth-order valence-electron chi connectivity index (χ4n) is 2.01. The zero-order valence-corrected chi connectivity index (χ0v) is 10.3. The van der Waals surface area contributed by atoms with Crippen LogP contribution >= 0.6 is 12.6 Å². The Morgan fingerprint density at radius 3 is 2.38 bits per heavy atom. The Bertz CT molecular complexity index is 175. The molecule has 1 rings (SSSR count). The second kappa shape index (κ2) is 3.82. The summed E-state index contributed by atoms with van der Waals surface area (Å²) in [6.07, 6.45) is 1.34. The van der Waals surface area contributed by atoms with Crippen molar-refractivity contribution in [1.29, 1.82) is 0 Å². The number of likely N-dealkylation sites (tertiary alicyclic amines) is 1. The van der Waals surface area contributed by atoms with E-state index >= 15 is 0 Å². The summed E-state index contributed by atoms with van der Waals surface area (Å²) >= 11 is 4.39. The van der Waals surface area contributed by atoms with Crippen LogP contribution in [-0.2, 0) is 0 Å². The van der Waals surface area contributed by atoms with Crippen LogP contribution in [-0.4, -0.2) is 30.3 Å². The number of hydrogen-bond acceptors (Lipinski definition) is 2. The highest BCUT2D eigenvalue weighted by atomic mass is 32.1. The predicted molar refractivity (Wildman–Crippen MR) is 62.5 cm³/mol. The van der Waals surface area contributed by atoms with E-state index in [1.54, 1.807) is 0 Å². The van der Waals surface area contributed by atoms with Crippen molar-refractivity contribution in [1.82, 2.24) is 4.90 Å². The van der Waals surface area contributed by atoms with Crippen molar-refractivity contribution < 1.29 is 0 Å². The molecule has 1 aliphatic heterocycles. The molecule has 0 aromatic heterocycles. The van der Waals surface area contributed by atoms with Gasteiger partial charge in [0.25, 0.3) is 0 Å². The minimum atomic E-state index is 0.365. The van der Waals surface area contributed by atoms with E-state index in [0.717, 1.165) is 5.75 Å². The second-order valence-corrected chi connectivity index (χ2v) is 6.26. The van der Waals surface area contributed by atoms with Gasteiger partial charge >= 0.3 is 0 Å². The first-order valence-corrected chi connectivity index (χ1v) is 5.81. The molecule has 0 N–H and O–H groups in total. The maximum Gasteiger partial charge on any atom is 0.00407 e. The van der Waals surface area contributed by atoms with Crippen molar-refractivity contribution in [2.45, 2.75) is 34.1 Å². The van der Waals surface area contributed by atoms with Crippen molar-refractivity contribution in [2.75, 3.05) is 25.4 Å². The lowest BCUT2D eigenvalue weighted by Crippen LogP contribution is -2.34. The first kappa shape index (κ1) is 11.4. The standard InChI is InChI=1S/C11H23NS/c1-10(2)5-6-12(7-10)8-11(3,4)9-13/h13H,5-9H2,1-4H3. The largest absolute Gasteiger partial charge is 0.302 e. The van der Waals surface area contributed by atoms with E-state index in [-0.39, 0.29) is 0 Å². The molecule has 0 aromatic carbocycles. The lowest BCUT2D eigenvalue weighted by Gasteiger charge is -2.29. The molecule has 1 nitrogen and oxygen atoms in total. The average Bonchev–Trinajstić information content (AvgIpc) is 2.29. The molecule has 1 saturated heterocycles. The Kier molecular flexibility index (Phi) is 3.34. The van der Waals surface area contributed by atoms with Crippen LogP contribution < -0.4 is 0 Å². The fourth-order valence-corrected chi connectivity index (χ4v) is 2.11. The molecule has 0 aliphatic carbocycles. The van der Waals surface area contributed by atoms with E-state index in [9.17, 15) is 0 Å². The van der Waals surface area contributed by atoms with Crippen molar-refractivity contribution in [3.63, 3.8) is 0 Å². The van der Waals surface area contributed by atoms with Crippen LogP contribution in [0.5, 0.6) is 0 Å². The molecule has 1 aliphatic rings. The monoisotopic (exact) mass is 201 g/mol. The molecular formula is C11H23NS. The lowest BCUT2D eigenvalue weighted by molar-refractivity contribution is 0.212. The van der Waals surface area contributed by atoms with Gasteiger partial charge in [-0.2, -0.15) is 12.6 Å². The molecule has 0 radical (unpaired) electrons. The van der Waals surface area contributed by atoms with Crippen LogP contribution in [0.25, 0.3) is 0 Å². The third kappa shape index (κ3) is 3.51. The minimum absolute atomic E-state index is 0.365. The normalized spacial score (nSPS) is 23.8. The number of thiol groups is 1. The first-order valence-electron chi connectivity index (χ1n) is 5.18. The molecule has 0 aromatic rings. The smallest absolute Gasteiger partial charge is 0.00407 e. The number of nitrogens with zero attached hydrogens (tertiary/aromatic N) is 1. The summed E-state index contributed by atoms with van der Waals surface area (Å²) in [7, 11) is 0. The van der Waals surface area contributed by atoms with E-state index in [1.807, 2.05) is 0 Å². The zero-order valence-electron chi connectivity index (χ0n) is 9.43. The van der Waals surface area contributed by atoms with Crippen LogP contribution in [0, 0.1) is 10.8 Å². The van der Waals surface area contributed by atoms with E-state index < -0.39 is 0 Å². The van der Waals surface area contributed by atoms with Gasteiger partial charge in [0.2, 0.25) is 0 Å². The Hall–Kier alpha value is 0.310. The summed E-state index contributed by atoms with van der Waals surface area (Å²) in [4.78, 5) is 2.58. The van der Waals surface area contributed by atoms with Gasteiger partial charge in [-0.1, -0.05) is 27.7 Å². The molecule has 78 valence electrons. The maximum atomic E-state index is 4.39. The predicted octanol–water partition coefficient (Wildman–Crippen LogP) is 2.67. The Balaban J connectivity index is 2.40. The Morgan fingerprint density at radius 2 is 2.00 bits per heavy atom. The molecule has 0 unspecified atom stereocenters. The fraction of sp³-hybridized carbons (Fsp3) is 1.00. The van der Waals surface area contributed by atoms with Crippen LogP contribution in [0.3, 0.4) is 0 Å². The summed E-state index contributed by atoms with van der Waals surface area (Å²) in [5, 5.41) is 0. The van der Waals surface area contributed by atoms with Crippen molar-refractivity contribution in [3.05, 3.63) is 0 Å². The third-order valence-electron chi connectivity index (χ3n) is 2.84. The van der Waals surface area contributed by atoms with Gasteiger partial charge < -0.3 is 4.90 Å². The van der Waals surface area contributed by atoms with Gasteiger partial charge in [-0.15, -0.1) is 0 Å². The molecule has 0 amide bonds. The topological polar surface area (TPSA) is 3.24 Å². The summed E-state index contributed by atoms with van der Waals surface area (Å²) in [5.41, 5.74) is 0.899.